The number of hydrogen-bond acceptors (Lipinski definition) is 2. The lowest BCUT2D eigenvalue weighted by molar-refractivity contribution is 0.509. The van der Waals surface area contributed by atoms with Crippen LogP contribution in [0.25, 0.3) is 10.4 Å². The molecule has 1 aromatic carbocycles. The summed E-state index contributed by atoms with van der Waals surface area (Å²) in [5.74, 6) is -1.65. The highest BCUT2D eigenvalue weighted by Crippen LogP contribution is 2.24. The lowest BCUT2D eigenvalue weighted by Crippen LogP contribution is -1.83. The fourth-order valence-corrected chi connectivity index (χ4v) is 1.63. The molecule has 1 aromatic heterocycles. The Morgan fingerprint density at radius 1 is 1.15 bits per heavy atom. The third kappa shape index (κ3) is 1.58. The number of halogens is 2. The first kappa shape index (κ1) is 8.31. The molecule has 0 unspecified atom stereocenters. The summed E-state index contributed by atoms with van der Waals surface area (Å²) in [6, 6.07) is 3.82. The van der Waals surface area contributed by atoms with Gasteiger partial charge in [0.2, 0.25) is 0 Å². The van der Waals surface area contributed by atoms with E-state index in [1.165, 1.54) is 23.5 Å². The number of nitrogens with zero attached hydrogens (tertiary/aromatic N) is 1. The average Bonchev–Trinajstić information content (AvgIpc) is 2.62. The summed E-state index contributed by atoms with van der Waals surface area (Å²) in [5.41, 5.74) is 2.30. The van der Waals surface area contributed by atoms with E-state index in [0.717, 1.165) is 10.9 Å². The van der Waals surface area contributed by atoms with Gasteiger partial charge in [-0.05, 0) is 17.7 Å². The number of rotatable bonds is 1. The van der Waals surface area contributed by atoms with Gasteiger partial charge >= 0.3 is 0 Å². The molecular weight excluding hydrogens is 192 g/mol. The van der Waals surface area contributed by atoms with Crippen molar-refractivity contribution in [3.63, 3.8) is 0 Å². The third-order valence-electron chi connectivity index (χ3n) is 1.64. The quantitative estimate of drug-likeness (QED) is 0.684. The predicted octanol–water partition coefficient (Wildman–Crippen LogP) is 3.09. The molecule has 1 heterocycles. The lowest BCUT2D eigenvalue weighted by Gasteiger charge is -1.96. The Hall–Kier alpha value is -1.29. The molecule has 0 amide bonds. The second-order valence-electron chi connectivity index (χ2n) is 2.49. The Labute approximate surface area is 77.7 Å². The highest BCUT2D eigenvalue weighted by molar-refractivity contribution is 7.13. The van der Waals surface area contributed by atoms with Crippen molar-refractivity contribution in [1.29, 1.82) is 0 Å². The molecule has 1 nitrogen and oxygen atoms in total. The van der Waals surface area contributed by atoms with Crippen molar-refractivity contribution in [2.24, 2.45) is 0 Å². The van der Waals surface area contributed by atoms with E-state index in [-0.39, 0.29) is 0 Å². The molecule has 0 saturated carbocycles. The number of aromatic nitrogens is 1. The second-order valence-corrected chi connectivity index (χ2v) is 3.38. The Bertz CT molecular complexity index is 412. The molecule has 2 rings (SSSR count). The van der Waals surface area contributed by atoms with E-state index in [9.17, 15) is 8.78 Å². The van der Waals surface area contributed by atoms with Crippen LogP contribution in [0.2, 0.25) is 0 Å². The van der Waals surface area contributed by atoms with E-state index in [1.54, 1.807) is 11.7 Å². The molecule has 2 aromatic rings. The van der Waals surface area contributed by atoms with Crippen molar-refractivity contribution in [2.45, 2.75) is 0 Å². The van der Waals surface area contributed by atoms with Crippen LogP contribution in [-0.2, 0) is 0 Å². The zero-order valence-electron chi connectivity index (χ0n) is 6.50. The highest BCUT2D eigenvalue weighted by Gasteiger charge is 2.04. The van der Waals surface area contributed by atoms with Gasteiger partial charge < -0.3 is 0 Å². The van der Waals surface area contributed by atoms with E-state index in [2.05, 4.69) is 4.98 Å². The molecule has 0 aliphatic carbocycles. The summed E-state index contributed by atoms with van der Waals surface area (Å²) < 4.78 is 25.3. The SMILES string of the molecule is Fc1ccc(-c2cncs2)cc1F. The van der Waals surface area contributed by atoms with Gasteiger partial charge in [0.1, 0.15) is 0 Å². The summed E-state index contributed by atoms with van der Waals surface area (Å²) >= 11 is 1.39. The zero-order valence-corrected chi connectivity index (χ0v) is 7.31. The average molecular weight is 197 g/mol. The fraction of sp³-hybridized carbons (Fsp3) is 0. The zero-order chi connectivity index (χ0) is 9.26. The number of benzene rings is 1. The standard InChI is InChI=1S/C9H5F2NS/c10-7-2-1-6(3-8(7)11)9-4-12-5-13-9/h1-5H. The van der Waals surface area contributed by atoms with E-state index in [0.29, 0.717) is 5.56 Å². The molecule has 66 valence electrons. The van der Waals surface area contributed by atoms with Crippen molar-refractivity contribution in [3.8, 4) is 10.4 Å². The molecule has 4 heteroatoms. The van der Waals surface area contributed by atoms with Gasteiger partial charge in [0.25, 0.3) is 0 Å². The van der Waals surface area contributed by atoms with Gasteiger partial charge in [-0.1, -0.05) is 6.07 Å². The third-order valence-corrected chi connectivity index (χ3v) is 2.46. The molecule has 0 saturated heterocycles. The van der Waals surface area contributed by atoms with Crippen LogP contribution in [0.5, 0.6) is 0 Å². The molecule has 0 radical (unpaired) electrons. The summed E-state index contributed by atoms with van der Waals surface area (Å²) in [6.45, 7) is 0. The first-order chi connectivity index (χ1) is 6.27. The van der Waals surface area contributed by atoms with Gasteiger partial charge in [-0.25, -0.2) is 8.78 Å². The van der Waals surface area contributed by atoms with E-state index >= 15 is 0 Å². The molecule has 0 bridgehead atoms. The lowest BCUT2D eigenvalue weighted by atomic mass is 10.2. The molecule has 0 aliphatic heterocycles. The maximum Gasteiger partial charge on any atom is 0.159 e. The largest absolute Gasteiger partial charge is 0.252 e. The van der Waals surface area contributed by atoms with Crippen LogP contribution in [0.4, 0.5) is 8.78 Å². The fourth-order valence-electron chi connectivity index (χ4n) is 1.01. The van der Waals surface area contributed by atoms with Crippen LogP contribution in [-0.4, -0.2) is 4.98 Å². The molecular formula is C9H5F2NS. The first-order valence-corrected chi connectivity index (χ1v) is 4.49. The minimum absolute atomic E-state index is 0.654. The Balaban J connectivity index is 2.49. The van der Waals surface area contributed by atoms with Gasteiger partial charge in [-0.15, -0.1) is 11.3 Å². The van der Waals surface area contributed by atoms with Crippen molar-refractivity contribution in [2.75, 3.05) is 0 Å². The Morgan fingerprint density at radius 3 is 2.62 bits per heavy atom. The molecule has 13 heavy (non-hydrogen) atoms. The normalized spacial score (nSPS) is 10.3. The number of hydrogen-bond donors (Lipinski definition) is 0. The van der Waals surface area contributed by atoms with E-state index in [1.807, 2.05) is 0 Å². The smallest absolute Gasteiger partial charge is 0.159 e. The van der Waals surface area contributed by atoms with Crippen molar-refractivity contribution >= 4 is 11.3 Å². The number of thiazole rings is 1. The van der Waals surface area contributed by atoms with Gasteiger partial charge in [-0.3, -0.25) is 4.98 Å². The van der Waals surface area contributed by atoms with Gasteiger partial charge in [-0.2, -0.15) is 0 Å². The minimum atomic E-state index is -0.828. The Kier molecular flexibility index (Phi) is 2.06. The van der Waals surface area contributed by atoms with Crippen LogP contribution in [0.15, 0.2) is 29.9 Å². The van der Waals surface area contributed by atoms with Crippen LogP contribution in [0.3, 0.4) is 0 Å². The summed E-state index contributed by atoms with van der Waals surface area (Å²) in [4.78, 5) is 4.69. The van der Waals surface area contributed by atoms with Crippen LogP contribution >= 0.6 is 11.3 Å². The van der Waals surface area contributed by atoms with Crippen molar-refractivity contribution in [1.82, 2.24) is 4.98 Å². The van der Waals surface area contributed by atoms with Crippen molar-refractivity contribution < 1.29 is 8.78 Å². The molecule has 0 N–H and O–H groups in total. The van der Waals surface area contributed by atoms with E-state index in [4.69, 9.17) is 0 Å². The van der Waals surface area contributed by atoms with Crippen LogP contribution in [0.1, 0.15) is 0 Å². The monoisotopic (exact) mass is 197 g/mol. The summed E-state index contributed by atoms with van der Waals surface area (Å²) in [7, 11) is 0. The molecule has 0 atom stereocenters. The van der Waals surface area contributed by atoms with Gasteiger partial charge in [0.05, 0.1) is 10.4 Å². The van der Waals surface area contributed by atoms with Crippen molar-refractivity contribution in [3.05, 3.63) is 41.5 Å². The molecule has 0 spiro atoms. The maximum absolute atomic E-state index is 12.8. The Morgan fingerprint density at radius 2 is 2.00 bits per heavy atom. The van der Waals surface area contributed by atoms with E-state index < -0.39 is 11.6 Å². The highest BCUT2D eigenvalue weighted by atomic mass is 32.1. The topological polar surface area (TPSA) is 12.9 Å². The second kappa shape index (κ2) is 3.22. The van der Waals surface area contributed by atoms with Crippen LogP contribution < -0.4 is 0 Å². The van der Waals surface area contributed by atoms with Crippen LogP contribution in [0, 0.1) is 11.6 Å². The van der Waals surface area contributed by atoms with Gasteiger partial charge in [0.15, 0.2) is 11.6 Å². The summed E-state index contributed by atoms with van der Waals surface area (Å²) in [6.07, 6.45) is 1.62. The maximum atomic E-state index is 12.8. The first-order valence-electron chi connectivity index (χ1n) is 3.61. The summed E-state index contributed by atoms with van der Waals surface area (Å²) in [5, 5.41) is 0. The molecule has 0 fully saturated rings. The minimum Gasteiger partial charge on any atom is -0.252 e. The van der Waals surface area contributed by atoms with Gasteiger partial charge in [0, 0.05) is 6.20 Å². The molecule has 0 aliphatic rings. The predicted molar refractivity (Wildman–Crippen MR) is 47.5 cm³/mol.